The van der Waals surface area contributed by atoms with Crippen molar-refractivity contribution in [2.45, 2.75) is 4.90 Å². The zero-order valence-corrected chi connectivity index (χ0v) is 11.5. The molecule has 3 nitrogen and oxygen atoms in total. The Bertz CT molecular complexity index is 781. The smallest absolute Gasteiger partial charge is 0.255 e. The molecule has 0 fully saturated rings. The zero-order chi connectivity index (χ0) is 13.9. The number of hydrogen-bond acceptors (Lipinski definition) is 3. The van der Waals surface area contributed by atoms with Crippen LogP contribution < -0.4 is 5.32 Å². The Morgan fingerprint density at radius 3 is 2.75 bits per heavy atom. The van der Waals surface area contributed by atoms with Crippen LogP contribution in [-0.4, -0.2) is 10.9 Å². The van der Waals surface area contributed by atoms with Gasteiger partial charge in [-0.25, -0.2) is 0 Å². The van der Waals surface area contributed by atoms with Crippen molar-refractivity contribution in [3.63, 3.8) is 0 Å². The number of pyridine rings is 1. The van der Waals surface area contributed by atoms with Gasteiger partial charge in [-0.2, -0.15) is 0 Å². The second-order valence-corrected chi connectivity index (χ2v) is 4.90. The summed E-state index contributed by atoms with van der Waals surface area (Å²) in [5, 5.41) is 3.84. The summed E-state index contributed by atoms with van der Waals surface area (Å²) in [5.74, 6) is -0.155. The van der Waals surface area contributed by atoms with Crippen LogP contribution in [0.1, 0.15) is 10.4 Å². The van der Waals surface area contributed by atoms with E-state index >= 15 is 0 Å². The maximum Gasteiger partial charge on any atom is 0.255 e. The molecule has 0 unspecified atom stereocenters. The van der Waals surface area contributed by atoms with E-state index in [1.54, 1.807) is 18.3 Å². The first-order chi connectivity index (χ1) is 9.74. The summed E-state index contributed by atoms with van der Waals surface area (Å²) in [6.07, 6.45) is 1.73. The number of fused-ring (bicyclic) bond motifs is 1. The molecule has 0 radical (unpaired) electrons. The number of carbonyl (C=O) groups is 1. The largest absolute Gasteiger partial charge is 0.321 e. The number of nitrogens with zero attached hydrogens (tertiary/aromatic N) is 1. The van der Waals surface area contributed by atoms with E-state index in [-0.39, 0.29) is 5.91 Å². The molecular weight excluding hydrogens is 268 g/mol. The van der Waals surface area contributed by atoms with Gasteiger partial charge in [-0.3, -0.25) is 9.78 Å². The fourth-order valence-corrected chi connectivity index (χ4v) is 2.28. The normalized spacial score (nSPS) is 10.4. The molecule has 0 saturated carbocycles. The molecule has 0 spiro atoms. The average Bonchev–Trinajstić information content (AvgIpc) is 2.47. The third kappa shape index (κ3) is 2.51. The lowest BCUT2D eigenvalue weighted by atomic mass is 10.1. The minimum Gasteiger partial charge on any atom is -0.321 e. The summed E-state index contributed by atoms with van der Waals surface area (Å²) < 4.78 is 0. The van der Waals surface area contributed by atoms with Gasteiger partial charge in [-0.15, -0.1) is 12.6 Å². The minimum atomic E-state index is -0.155. The average molecular weight is 280 g/mol. The molecule has 2 aromatic carbocycles. The Morgan fingerprint density at radius 2 is 1.90 bits per heavy atom. The summed E-state index contributed by atoms with van der Waals surface area (Å²) >= 11 is 4.24. The predicted octanol–water partition coefficient (Wildman–Crippen LogP) is 3.78. The van der Waals surface area contributed by atoms with Gasteiger partial charge in [0.25, 0.3) is 5.91 Å². The van der Waals surface area contributed by atoms with Crippen molar-refractivity contribution in [1.82, 2.24) is 4.98 Å². The molecule has 3 rings (SSSR count). The van der Waals surface area contributed by atoms with Crippen LogP contribution in [0.15, 0.2) is 65.7 Å². The number of benzene rings is 2. The van der Waals surface area contributed by atoms with Gasteiger partial charge in [-0.05, 0) is 42.5 Å². The Balaban J connectivity index is 1.95. The number of carbonyl (C=O) groups excluding carboxylic acids is 1. The zero-order valence-electron chi connectivity index (χ0n) is 10.6. The lowest BCUT2D eigenvalue weighted by molar-refractivity contribution is 0.102. The van der Waals surface area contributed by atoms with Crippen molar-refractivity contribution >= 4 is 35.1 Å². The number of amides is 1. The topological polar surface area (TPSA) is 42.0 Å². The highest BCUT2D eigenvalue weighted by atomic mass is 32.1. The van der Waals surface area contributed by atoms with Gasteiger partial charge in [0.1, 0.15) is 0 Å². The highest BCUT2D eigenvalue weighted by Crippen LogP contribution is 2.22. The number of anilines is 1. The molecule has 3 aromatic rings. The van der Waals surface area contributed by atoms with Gasteiger partial charge in [0, 0.05) is 22.0 Å². The van der Waals surface area contributed by atoms with E-state index in [0.29, 0.717) is 5.56 Å². The van der Waals surface area contributed by atoms with E-state index in [4.69, 9.17) is 0 Å². The van der Waals surface area contributed by atoms with Gasteiger partial charge in [0.2, 0.25) is 0 Å². The van der Waals surface area contributed by atoms with Crippen LogP contribution in [0.3, 0.4) is 0 Å². The summed E-state index contributed by atoms with van der Waals surface area (Å²) in [7, 11) is 0. The van der Waals surface area contributed by atoms with Crippen molar-refractivity contribution < 1.29 is 4.79 Å². The van der Waals surface area contributed by atoms with E-state index in [1.165, 1.54) is 0 Å². The van der Waals surface area contributed by atoms with E-state index in [9.17, 15) is 4.79 Å². The maximum absolute atomic E-state index is 12.2. The lowest BCUT2D eigenvalue weighted by Crippen LogP contribution is -2.12. The molecule has 98 valence electrons. The summed E-state index contributed by atoms with van der Waals surface area (Å²) in [6, 6.07) is 16.6. The number of aromatic nitrogens is 1. The monoisotopic (exact) mass is 280 g/mol. The van der Waals surface area contributed by atoms with E-state index in [1.807, 2.05) is 42.5 Å². The van der Waals surface area contributed by atoms with E-state index in [0.717, 1.165) is 21.5 Å². The van der Waals surface area contributed by atoms with Crippen molar-refractivity contribution in [3.05, 3.63) is 66.4 Å². The molecular formula is C16H12N2OS. The van der Waals surface area contributed by atoms with Crippen LogP contribution in [0.4, 0.5) is 5.69 Å². The molecule has 4 heteroatoms. The SMILES string of the molecule is O=C(Nc1cccc2ncccc12)c1cccc(S)c1. The fraction of sp³-hybridized carbons (Fsp3) is 0. The minimum absolute atomic E-state index is 0.155. The fourth-order valence-electron chi connectivity index (χ4n) is 2.05. The molecule has 1 heterocycles. The molecule has 0 atom stereocenters. The standard InChI is InChI=1S/C16H12N2OS/c19-16(11-4-1-5-12(20)10-11)18-15-8-2-7-14-13(15)6-3-9-17-14/h1-10,20H,(H,18,19). The van der Waals surface area contributed by atoms with Crippen molar-refractivity contribution in [2.75, 3.05) is 5.32 Å². The second kappa shape index (κ2) is 5.35. The second-order valence-electron chi connectivity index (χ2n) is 4.38. The van der Waals surface area contributed by atoms with E-state index in [2.05, 4.69) is 22.9 Å². The quantitative estimate of drug-likeness (QED) is 0.702. The van der Waals surface area contributed by atoms with Crippen LogP contribution >= 0.6 is 12.6 Å². The molecule has 1 N–H and O–H groups in total. The van der Waals surface area contributed by atoms with Crippen LogP contribution in [-0.2, 0) is 0 Å². The first-order valence-electron chi connectivity index (χ1n) is 6.18. The first kappa shape index (κ1) is 12.7. The van der Waals surface area contributed by atoms with Gasteiger partial charge >= 0.3 is 0 Å². The van der Waals surface area contributed by atoms with Crippen molar-refractivity contribution in [3.8, 4) is 0 Å². The van der Waals surface area contributed by atoms with Crippen LogP contribution in [0.2, 0.25) is 0 Å². The highest BCUT2D eigenvalue weighted by molar-refractivity contribution is 7.80. The number of hydrogen-bond donors (Lipinski definition) is 2. The van der Waals surface area contributed by atoms with Gasteiger partial charge in [0.05, 0.1) is 11.2 Å². The molecule has 1 amide bonds. The highest BCUT2D eigenvalue weighted by Gasteiger charge is 2.08. The maximum atomic E-state index is 12.2. The molecule has 0 aliphatic heterocycles. The third-order valence-corrected chi connectivity index (χ3v) is 3.28. The number of thiol groups is 1. The number of nitrogens with one attached hydrogen (secondary N) is 1. The Labute approximate surface area is 122 Å². The first-order valence-corrected chi connectivity index (χ1v) is 6.63. The summed E-state index contributed by atoms with van der Waals surface area (Å²) in [6.45, 7) is 0. The van der Waals surface area contributed by atoms with Crippen molar-refractivity contribution in [2.24, 2.45) is 0 Å². The third-order valence-electron chi connectivity index (χ3n) is 3.00. The molecule has 0 bridgehead atoms. The van der Waals surface area contributed by atoms with Crippen molar-refractivity contribution in [1.29, 1.82) is 0 Å². The van der Waals surface area contributed by atoms with Crippen LogP contribution in [0, 0.1) is 0 Å². The Morgan fingerprint density at radius 1 is 1.05 bits per heavy atom. The lowest BCUT2D eigenvalue weighted by Gasteiger charge is -2.08. The molecule has 0 aliphatic carbocycles. The van der Waals surface area contributed by atoms with Gasteiger partial charge in [0.15, 0.2) is 0 Å². The molecule has 0 aliphatic rings. The van der Waals surface area contributed by atoms with Crippen LogP contribution in [0.25, 0.3) is 10.9 Å². The Kier molecular flexibility index (Phi) is 3.39. The Hall–Kier alpha value is -2.33. The van der Waals surface area contributed by atoms with E-state index < -0.39 is 0 Å². The summed E-state index contributed by atoms with van der Waals surface area (Å²) in [5.41, 5.74) is 2.19. The molecule has 0 saturated heterocycles. The summed E-state index contributed by atoms with van der Waals surface area (Å²) in [4.78, 5) is 17.3. The van der Waals surface area contributed by atoms with Gasteiger partial charge in [-0.1, -0.05) is 12.1 Å². The molecule has 1 aromatic heterocycles. The predicted molar refractivity (Wildman–Crippen MR) is 83.4 cm³/mol. The molecule has 20 heavy (non-hydrogen) atoms. The number of rotatable bonds is 2. The van der Waals surface area contributed by atoms with Gasteiger partial charge < -0.3 is 5.32 Å². The van der Waals surface area contributed by atoms with Crippen LogP contribution in [0.5, 0.6) is 0 Å².